The summed E-state index contributed by atoms with van der Waals surface area (Å²) in [5.74, 6) is 0. The highest BCUT2D eigenvalue weighted by molar-refractivity contribution is 7.85. The summed E-state index contributed by atoms with van der Waals surface area (Å²) in [5.41, 5.74) is 9.53. The molecule has 1 aromatic carbocycles. The van der Waals surface area contributed by atoms with Crippen LogP contribution < -0.4 is 5.73 Å². The second-order valence-corrected chi connectivity index (χ2v) is 6.20. The lowest BCUT2D eigenvalue weighted by molar-refractivity contribution is 0.587. The molecule has 0 radical (unpaired) electrons. The van der Waals surface area contributed by atoms with Gasteiger partial charge in [-0.1, -0.05) is 19.1 Å². The van der Waals surface area contributed by atoms with Gasteiger partial charge >= 0.3 is 0 Å². The molecule has 3 unspecified atom stereocenters. The van der Waals surface area contributed by atoms with Crippen molar-refractivity contribution in [1.29, 1.82) is 0 Å². The van der Waals surface area contributed by atoms with Crippen molar-refractivity contribution in [2.24, 2.45) is 5.73 Å². The Morgan fingerprint density at radius 1 is 1.33 bits per heavy atom. The Kier molecular flexibility index (Phi) is 2.69. The Morgan fingerprint density at radius 2 is 1.93 bits per heavy atom. The van der Waals surface area contributed by atoms with Gasteiger partial charge in [0.25, 0.3) is 0 Å². The van der Waals surface area contributed by atoms with E-state index in [-0.39, 0.29) is 11.3 Å². The molecule has 2 N–H and O–H groups in total. The molecule has 0 fully saturated rings. The molecular weight excluding hydrogens is 206 g/mol. The van der Waals surface area contributed by atoms with Gasteiger partial charge < -0.3 is 5.73 Å². The molecule has 1 aliphatic rings. The maximum absolute atomic E-state index is 12.2. The highest BCUT2D eigenvalue weighted by Crippen LogP contribution is 2.36. The molecule has 0 aromatic heterocycles. The van der Waals surface area contributed by atoms with Crippen LogP contribution in [0.25, 0.3) is 0 Å². The summed E-state index contributed by atoms with van der Waals surface area (Å²) in [7, 11) is -0.882. The van der Waals surface area contributed by atoms with E-state index in [1.165, 1.54) is 5.56 Å². The molecule has 0 aliphatic carbocycles. The molecule has 0 saturated carbocycles. The smallest absolute Gasteiger partial charge is 0.0564 e. The van der Waals surface area contributed by atoms with Crippen molar-refractivity contribution in [1.82, 2.24) is 0 Å². The number of aryl methyl sites for hydroxylation is 2. The first kappa shape index (κ1) is 10.8. The van der Waals surface area contributed by atoms with E-state index in [1.54, 1.807) is 0 Å². The zero-order valence-electron chi connectivity index (χ0n) is 9.41. The monoisotopic (exact) mass is 223 g/mol. The van der Waals surface area contributed by atoms with Crippen LogP contribution in [0.3, 0.4) is 0 Å². The molecule has 1 aliphatic heterocycles. The van der Waals surface area contributed by atoms with Gasteiger partial charge in [0.05, 0.1) is 10.8 Å². The van der Waals surface area contributed by atoms with Gasteiger partial charge in [-0.25, -0.2) is 0 Å². The van der Waals surface area contributed by atoms with E-state index in [0.717, 1.165) is 22.4 Å². The lowest BCUT2D eigenvalue weighted by Gasteiger charge is -2.29. The average molecular weight is 223 g/mol. The largest absolute Gasteiger partial charge is 0.324 e. The third-order valence-corrected chi connectivity index (χ3v) is 5.00. The summed E-state index contributed by atoms with van der Waals surface area (Å²) >= 11 is 0. The predicted octanol–water partition coefficient (Wildman–Crippen LogP) is 2.20. The predicted molar refractivity (Wildman–Crippen MR) is 63.3 cm³/mol. The van der Waals surface area contributed by atoms with Gasteiger partial charge in [0.2, 0.25) is 0 Å². The van der Waals surface area contributed by atoms with Gasteiger partial charge in [0.15, 0.2) is 0 Å². The highest BCUT2D eigenvalue weighted by atomic mass is 32.2. The van der Waals surface area contributed by atoms with Crippen LogP contribution in [0.4, 0.5) is 0 Å². The van der Waals surface area contributed by atoms with Crippen LogP contribution in [0.2, 0.25) is 0 Å². The first-order valence-electron chi connectivity index (χ1n) is 5.28. The quantitative estimate of drug-likeness (QED) is 0.732. The maximum atomic E-state index is 12.2. The van der Waals surface area contributed by atoms with Crippen LogP contribution >= 0.6 is 0 Å². The van der Waals surface area contributed by atoms with Crippen molar-refractivity contribution in [3.8, 4) is 0 Å². The second kappa shape index (κ2) is 3.72. The van der Waals surface area contributed by atoms with Crippen LogP contribution in [0.1, 0.15) is 36.1 Å². The molecule has 15 heavy (non-hydrogen) atoms. The minimum atomic E-state index is -0.882. The molecule has 1 aromatic rings. The number of benzene rings is 1. The Labute approximate surface area is 93.3 Å². The Morgan fingerprint density at radius 3 is 2.60 bits per heavy atom. The molecule has 0 spiro atoms. The van der Waals surface area contributed by atoms with Crippen LogP contribution in [-0.2, 0) is 10.8 Å². The fourth-order valence-corrected chi connectivity index (χ4v) is 4.00. The number of hydrogen-bond donors (Lipinski definition) is 1. The summed E-state index contributed by atoms with van der Waals surface area (Å²) in [6, 6.07) is 4.16. The Balaban J connectivity index is 2.70. The van der Waals surface area contributed by atoms with E-state index in [1.807, 2.05) is 26.8 Å². The zero-order valence-corrected chi connectivity index (χ0v) is 10.2. The first-order chi connectivity index (χ1) is 7.02. The highest BCUT2D eigenvalue weighted by Gasteiger charge is 2.30. The lowest BCUT2D eigenvalue weighted by atomic mass is 9.95. The SMILES string of the molecule is Cc1ccc(C)c2c1C(N)CC(C)S2=O. The van der Waals surface area contributed by atoms with E-state index in [0.29, 0.717) is 0 Å². The van der Waals surface area contributed by atoms with Crippen molar-refractivity contribution < 1.29 is 4.21 Å². The zero-order chi connectivity index (χ0) is 11.2. The van der Waals surface area contributed by atoms with Crippen molar-refractivity contribution in [2.45, 2.75) is 43.4 Å². The van der Waals surface area contributed by atoms with Crippen molar-refractivity contribution in [2.75, 3.05) is 0 Å². The van der Waals surface area contributed by atoms with Gasteiger partial charge in [-0.05, 0) is 37.0 Å². The normalized spacial score (nSPS) is 30.0. The van der Waals surface area contributed by atoms with Gasteiger partial charge in [-0.2, -0.15) is 0 Å². The standard InChI is InChI=1S/C12H17NOS/c1-7-4-5-8(2)12-11(7)10(13)6-9(3)15(12)14/h4-5,9-10H,6,13H2,1-3H3. The van der Waals surface area contributed by atoms with Crippen LogP contribution in [0.15, 0.2) is 17.0 Å². The molecular formula is C12H17NOS. The number of fused-ring (bicyclic) bond motifs is 1. The van der Waals surface area contributed by atoms with Crippen LogP contribution in [0.5, 0.6) is 0 Å². The minimum absolute atomic E-state index is 0.0487. The van der Waals surface area contributed by atoms with Gasteiger partial charge in [0.1, 0.15) is 0 Å². The van der Waals surface area contributed by atoms with Gasteiger partial charge in [0, 0.05) is 16.2 Å². The molecule has 3 heteroatoms. The van der Waals surface area contributed by atoms with Crippen LogP contribution in [-0.4, -0.2) is 9.46 Å². The topological polar surface area (TPSA) is 43.1 Å². The summed E-state index contributed by atoms with van der Waals surface area (Å²) in [5, 5.41) is 0.174. The maximum Gasteiger partial charge on any atom is 0.0564 e. The fraction of sp³-hybridized carbons (Fsp3) is 0.500. The van der Waals surface area contributed by atoms with Gasteiger partial charge in [-0.3, -0.25) is 4.21 Å². The van der Waals surface area contributed by atoms with Crippen molar-refractivity contribution >= 4 is 10.8 Å². The van der Waals surface area contributed by atoms with Crippen LogP contribution in [0, 0.1) is 13.8 Å². The molecule has 0 bridgehead atoms. The lowest BCUT2D eigenvalue weighted by Crippen LogP contribution is -2.29. The first-order valence-corrected chi connectivity index (χ1v) is 6.50. The average Bonchev–Trinajstić information content (AvgIpc) is 2.18. The summed E-state index contributed by atoms with van der Waals surface area (Å²) in [6.07, 6.45) is 0.823. The molecule has 0 amide bonds. The Bertz CT molecular complexity index is 428. The number of hydrogen-bond acceptors (Lipinski definition) is 2. The molecule has 2 nitrogen and oxygen atoms in total. The third-order valence-electron chi connectivity index (χ3n) is 3.13. The van der Waals surface area contributed by atoms with E-state index in [4.69, 9.17) is 5.73 Å². The molecule has 3 atom stereocenters. The van der Waals surface area contributed by atoms with E-state index >= 15 is 0 Å². The van der Waals surface area contributed by atoms with Crippen molar-refractivity contribution in [3.63, 3.8) is 0 Å². The fourth-order valence-electron chi connectivity index (χ4n) is 2.30. The Hall–Kier alpha value is -0.670. The van der Waals surface area contributed by atoms with Gasteiger partial charge in [-0.15, -0.1) is 0 Å². The number of nitrogens with two attached hydrogens (primary N) is 1. The summed E-state index contributed by atoms with van der Waals surface area (Å²) in [4.78, 5) is 0.987. The molecule has 1 heterocycles. The second-order valence-electron chi connectivity index (χ2n) is 4.39. The van der Waals surface area contributed by atoms with E-state index in [2.05, 4.69) is 6.07 Å². The van der Waals surface area contributed by atoms with Crippen molar-refractivity contribution in [3.05, 3.63) is 28.8 Å². The summed E-state index contributed by atoms with van der Waals surface area (Å²) in [6.45, 7) is 6.08. The molecule has 0 saturated heterocycles. The third kappa shape index (κ3) is 1.64. The van der Waals surface area contributed by atoms with E-state index < -0.39 is 10.8 Å². The molecule has 2 rings (SSSR count). The summed E-state index contributed by atoms with van der Waals surface area (Å²) < 4.78 is 12.2. The molecule has 82 valence electrons. The number of rotatable bonds is 0. The van der Waals surface area contributed by atoms with E-state index in [9.17, 15) is 4.21 Å². The minimum Gasteiger partial charge on any atom is -0.324 e.